The third kappa shape index (κ3) is 2.78. The van der Waals surface area contributed by atoms with Crippen molar-refractivity contribution in [3.63, 3.8) is 0 Å². The summed E-state index contributed by atoms with van der Waals surface area (Å²) in [6.07, 6.45) is 2.98. The lowest BCUT2D eigenvalue weighted by Gasteiger charge is -2.41. The van der Waals surface area contributed by atoms with Gasteiger partial charge in [0.05, 0.1) is 19.8 Å². The summed E-state index contributed by atoms with van der Waals surface area (Å²) in [6.45, 7) is 6.04. The SMILES string of the molecule is CNC1(C(=O)OC)CCC(N2CC(C)OCC2C)C1. The number of hydrogen-bond donors (Lipinski definition) is 1. The first-order valence-electron chi connectivity index (χ1n) is 7.17. The van der Waals surface area contributed by atoms with Crippen LogP contribution in [0.5, 0.6) is 0 Å². The highest BCUT2D eigenvalue weighted by molar-refractivity contribution is 5.81. The molecule has 1 heterocycles. The van der Waals surface area contributed by atoms with Gasteiger partial charge in [0.2, 0.25) is 0 Å². The van der Waals surface area contributed by atoms with E-state index in [0.29, 0.717) is 12.1 Å². The van der Waals surface area contributed by atoms with Gasteiger partial charge in [0.25, 0.3) is 0 Å². The number of rotatable bonds is 3. The van der Waals surface area contributed by atoms with E-state index in [1.165, 1.54) is 7.11 Å². The van der Waals surface area contributed by atoms with Gasteiger partial charge in [0, 0.05) is 18.6 Å². The zero-order valence-corrected chi connectivity index (χ0v) is 12.4. The van der Waals surface area contributed by atoms with Crippen molar-refractivity contribution in [2.24, 2.45) is 0 Å². The second kappa shape index (κ2) is 5.77. The standard InChI is InChI=1S/C14H26N2O3/c1-10-9-19-11(2)8-16(10)12-5-6-14(7-12,15-3)13(17)18-4/h10-12,15H,5-9H2,1-4H3. The summed E-state index contributed by atoms with van der Waals surface area (Å²) in [4.78, 5) is 14.5. The highest BCUT2D eigenvalue weighted by atomic mass is 16.5. The molecule has 2 rings (SSSR count). The lowest BCUT2D eigenvalue weighted by atomic mass is 9.97. The largest absolute Gasteiger partial charge is 0.468 e. The molecular formula is C14H26N2O3. The van der Waals surface area contributed by atoms with Crippen LogP contribution in [0.15, 0.2) is 0 Å². The topological polar surface area (TPSA) is 50.8 Å². The minimum Gasteiger partial charge on any atom is -0.468 e. The maximum atomic E-state index is 12.0. The number of esters is 1. The summed E-state index contributed by atoms with van der Waals surface area (Å²) in [6, 6.07) is 0.861. The van der Waals surface area contributed by atoms with E-state index in [0.717, 1.165) is 32.4 Å². The quantitative estimate of drug-likeness (QED) is 0.768. The van der Waals surface area contributed by atoms with Crippen LogP contribution in [-0.4, -0.2) is 61.9 Å². The van der Waals surface area contributed by atoms with E-state index in [1.54, 1.807) is 0 Å². The fourth-order valence-corrected chi connectivity index (χ4v) is 3.45. The average Bonchev–Trinajstić information content (AvgIpc) is 2.86. The summed E-state index contributed by atoms with van der Waals surface area (Å²) in [5.41, 5.74) is -0.499. The first-order chi connectivity index (χ1) is 9.02. The van der Waals surface area contributed by atoms with E-state index >= 15 is 0 Å². The first kappa shape index (κ1) is 14.8. The highest BCUT2D eigenvalue weighted by Crippen LogP contribution is 2.35. The number of morpholine rings is 1. The number of ether oxygens (including phenoxy) is 2. The monoisotopic (exact) mass is 270 g/mol. The van der Waals surface area contributed by atoms with Crippen LogP contribution < -0.4 is 5.32 Å². The summed E-state index contributed by atoms with van der Waals surface area (Å²) in [5, 5.41) is 3.19. The summed E-state index contributed by atoms with van der Waals surface area (Å²) >= 11 is 0. The van der Waals surface area contributed by atoms with Crippen molar-refractivity contribution in [3.05, 3.63) is 0 Å². The lowest BCUT2D eigenvalue weighted by molar-refractivity contribution is -0.148. The molecule has 0 spiro atoms. The third-order valence-corrected chi connectivity index (χ3v) is 4.67. The predicted molar refractivity (Wildman–Crippen MR) is 73.0 cm³/mol. The molecule has 0 radical (unpaired) electrons. The molecule has 5 heteroatoms. The molecule has 4 unspecified atom stereocenters. The van der Waals surface area contributed by atoms with Crippen LogP contribution in [0.4, 0.5) is 0 Å². The van der Waals surface area contributed by atoms with Crippen molar-refractivity contribution in [1.82, 2.24) is 10.2 Å². The van der Waals surface area contributed by atoms with Crippen LogP contribution >= 0.6 is 0 Å². The average molecular weight is 270 g/mol. The Morgan fingerprint density at radius 3 is 2.84 bits per heavy atom. The molecule has 0 bridgehead atoms. The second-order valence-electron chi connectivity index (χ2n) is 5.91. The van der Waals surface area contributed by atoms with Gasteiger partial charge in [-0.2, -0.15) is 0 Å². The first-order valence-corrected chi connectivity index (χ1v) is 7.17. The molecule has 1 aliphatic carbocycles. The zero-order valence-electron chi connectivity index (χ0n) is 12.4. The molecule has 1 aliphatic heterocycles. The van der Waals surface area contributed by atoms with Crippen LogP contribution in [0.3, 0.4) is 0 Å². The van der Waals surface area contributed by atoms with Crippen LogP contribution in [0.25, 0.3) is 0 Å². The molecule has 2 fully saturated rings. The molecule has 4 atom stereocenters. The molecule has 0 aromatic heterocycles. The van der Waals surface area contributed by atoms with E-state index in [-0.39, 0.29) is 12.1 Å². The Bertz CT molecular complexity index is 337. The second-order valence-corrected chi connectivity index (χ2v) is 5.91. The zero-order chi connectivity index (χ0) is 14.0. The van der Waals surface area contributed by atoms with Gasteiger partial charge in [-0.05, 0) is 40.2 Å². The van der Waals surface area contributed by atoms with Gasteiger partial charge in [-0.1, -0.05) is 0 Å². The molecule has 5 nitrogen and oxygen atoms in total. The molecule has 19 heavy (non-hydrogen) atoms. The van der Waals surface area contributed by atoms with Crippen LogP contribution in [0, 0.1) is 0 Å². The van der Waals surface area contributed by atoms with Gasteiger partial charge in [-0.3, -0.25) is 9.69 Å². The van der Waals surface area contributed by atoms with Gasteiger partial charge < -0.3 is 14.8 Å². The van der Waals surface area contributed by atoms with E-state index < -0.39 is 5.54 Å². The summed E-state index contributed by atoms with van der Waals surface area (Å²) in [7, 11) is 3.32. The molecule has 1 saturated heterocycles. The summed E-state index contributed by atoms with van der Waals surface area (Å²) < 4.78 is 10.6. The van der Waals surface area contributed by atoms with Crippen molar-refractivity contribution in [2.75, 3.05) is 27.3 Å². The van der Waals surface area contributed by atoms with E-state index in [4.69, 9.17) is 9.47 Å². The predicted octanol–water partition coefficient (Wildman–Crippen LogP) is 0.779. The summed E-state index contributed by atoms with van der Waals surface area (Å²) in [5.74, 6) is -0.133. The molecule has 2 aliphatic rings. The number of hydrogen-bond acceptors (Lipinski definition) is 5. The lowest BCUT2D eigenvalue weighted by Crippen LogP contribution is -2.54. The Balaban J connectivity index is 2.06. The third-order valence-electron chi connectivity index (χ3n) is 4.67. The number of nitrogens with one attached hydrogen (secondary N) is 1. The van der Waals surface area contributed by atoms with Gasteiger partial charge in [0.1, 0.15) is 5.54 Å². The minimum atomic E-state index is -0.499. The van der Waals surface area contributed by atoms with Crippen molar-refractivity contribution in [3.8, 4) is 0 Å². The van der Waals surface area contributed by atoms with Crippen molar-refractivity contribution in [2.45, 2.75) is 56.8 Å². The maximum Gasteiger partial charge on any atom is 0.326 e. The van der Waals surface area contributed by atoms with Crippen molar-refractivity contribution < 1.29 is 14.3 Å². The fourth-order valence-electron chi connectivity index (χ4n) is 3.45. The molecular weight excluding hydrogens is 244 g/mol. The van der Waals surface area contributed by atoms with Crippen molar-refractivity contribution >= 4 is 5.97 Å². The molecule has 0 aromatic carbocycles. The Labute approximate surface area is 115 Å². The maximum absolute atomic E-state index is 12.0. The number of carbonyl (C=O) groups is 1. The minimum absolute atomic E-state index is 0.133. The Morgan fingerprint density at radius 2 is 2.21 bits per heavy atom. The molecule has 1 N–H and O–H groups in total. The molecule has 1 saturated carbocycles. The molecule has 0 aromatic rings. The Hall–Kier alpha value is -0.650. The van der Waals surface area contributed by atoms with E-state index in [9.17, 15) is 4.79 Å². The van der Waals surface area contributed by atoms with Gasteiger partial charge >= 0.3 is 5.97 Å². The van der Waals surface area contributed by atoms with Gasteiger partial charge in [-0.15, -0.1) is 0 Å². The normalized spacial score (nSPS) is 40.3. The number of likely N-dealkylation sites (N-methyl/N-ethyl adjacent to an activating group) is 1. The van der Waals surface area contributed by atoms with Gasteiger partial charge in [-0.25, -0.2) is 0 Å². The molecule has 0 amide bonds. The van der Waals surface area contributed by atoms with Crippen LogP contribution in [0.2, 0.25) is 0 Å². The van der Waals surface area contributed by atoms with Gasteiger partial charge in [0.15, 0.2) is 0 Å². The van der Waals surface area contributed by atoms with E-state index in [2.05, 4.69) is 24.1 Å². The van der Waals surface area contributed by atoms with E-state index in [1.807, 2.05) is 7.05 Å². The van der Waals surface area contributed by atoms with Crippen LogP contribution in [-0.2, 0) is 14.3 Å². The van der Waals surface area contributed by atoms with Crippen molar-refractivity contribution in [1.29, 1.82) is 0 Å². The molecule has 110 valence electrons. The number of carbonyl (C=O) groups excluding carboxylic acids is 1. The smallest absolute Gasteiger partial charge is 0.326 e. The number of methoxy groups -OCH3 is 1. The number of nitrogens with zero attached hydrogens (tertiary/aromatic N) is 1. The fraction of sp³-hybridized carbons (Fsp3) is 0.929. The Morgan fingerprint density at radius 1 is 1.47 bits per heavy atom. The Kier molecular flexibility index (Phi) is 4.48. The highest BCUT2D eigenvalue weighted by Gasteiger charge is 2.47. The van der Waals surface area contributed by atoms with Crippen LogP contribution in [0.1, 0.15) is 33.1 Å².